The van der Waals surface area contributed by atoms with Gasteiger partial charge in [-0.15, -0.1) is 0 Å². The van der Waals surface area contributed by atoms with Crippen molar-refractivity contribution in [2.24, 2.45) is 0 Å². The molecule has 1 aliphatic rings. The van der Waals surface area contributed by atoms with Gasteiger partial charge in [-0.1, -0.05) is 55.7 Å². The van der Waals surface area contributed by atoms with Crippen molar-refractivity contribution in [3.05, 3.63) is 59.8 Å². The van der Waals surface area contributed by atoms with Crippen molar-refractivity contribution in [2.75, 3.05) is 5.32 Å². The van der Waals surface area contributed by atoms with E-state index in [0.717, 1.165) is 43.6 Å². The molecule has 1 heterocycles. The van der Waals surface area contributed by atoms with Gasteiger partial charge in [-0.05, 0) is 24.5 Å². The Hall–Kier alpha value is -1.87. The van der Waals surface area contributed by atoms with E-state index in [4.69, 9.17) is 0 Å². The first-order valence-electron chi connectivity index (χ1n) is 7.74. The fraction of sp³-hybridized carbons (Fsp3) is 0.389. The molecule has 0 amide bonds. The molecule has 21 heavy (non-hydrogen) atoms. The molecule has 0 bridgehead atoms. The Morgan fingerprint density at radius 1 is 1.00 bits per heavy atom. The molecule has 3 rings (SSSR count). The van der Waals surface area contributed by atoms with E-state index in [1.165, 1.54) is 12.0 Å². The van der Waals surface area contributed by atoms with Crippen LogP contribution in [0, 0.1) is 0 Å². The van der Waals surface area contributed by atoms with Crippen LogP contribution < -0.4 is 5.32 Å². The summed E-state index contributed by atoms with van der Waals surface area (Å²) in [7, 11) is 0. The maximum Gasteiger partial charge on any atom is 0.132 e. The summed E-state index contributed by atoms with van der Waals surface area (Å²) in [6.45, 7) is 0.723. The molecule has 0 saturated heterocycles. The van der Waals surface area contributed by atoms with E-state index in [2.05, 4.69) is 22.4 Å². The van der Waals surface area contributed by atoms with Crippen LogP contribution in [-0.2, 0) is 12.1 Å². The Morgan fingerprint density at radius 2 is 1.76 bits per heavy atom. The van der Waals surface area contributed by atoms with Crippen molar-refractivity contribution in [2.45, 2.75) is 44.2 Å². The van der Waals surface area contributed by atoms with Gasteiger partial charge < -0.3 is 10.4 Å². The molecule has 1 fully saturated rings. The summed E-state index contributed by atoms with van der Waals surface area (Å²) in [6.07, 6.45) is 6.84. The number of rotatable bonds is 4. The zero-order valence-electron chi connectivity index (χ0n) is 12.3. The Balaban J connectivity index is 1.79. The third-order valence-electron chi connectivity index (χ3n) is 4.29. The van der Waals surface area contributed by atoms with Crippen LogP contribution in [0.1, 0.15) is 43.2 Å². The van der Waals surface area contributed by atoms with Gasteiger partial charge in [0.05, 0.1) is 5.60 Å². The summed E-state index contributed by atoms with van der Waals surface area (Å²) in [6, 6.07) is 14.2. The minimum atomic E-state index is -0.717. The zero-order valence-corrected chi connectivity index (χ0v) is 12.3. The molecule has 110 valence electrons. The Kier molecular flexibility index (Phi) is 4.20. The molecule has 0 unspecified atom stereocenters. The van der Waals surface area contributed by atoms with Crippen LogP contribution in [-0.4, -0.2) is 10.1 Å². The highest BCUT2D eigenvalue weighted by Crippen LogP contribution is 2.39. The third kappa shape index (κ3) is 3.24. The first-order valence-corrected chi connectivity index (χ1v) is 7.74. The molecule has 1 aliphatic carbocycles. The summed E-state index contributed by atoms with van der Waals surface area (Å²) < 4.78 is 0. The molecule has 2 N–H and O–H groups in total. The monoisotopic (exact) mass is 282 g/mol. The lowest BCUT2D eigenvalue weighted by Crippen LogP contribution is -2.29. The molecular weight excluding hydrogens is 260 g/mol. The number of hydrogen-bond acceptors (Lipinski definition) is 3. The average Bonchev–Trinajstić information content (AvgIpc) is 2.55. The highest BCUT2D eigenvalue weighted by Gasteiger charge is 2.33. The first kappa shape index (κ1) is 14.1. The van der Waals surface area contributed by atoms with Gasteiger partial charge in [0.15, 0.2) is 0 Å². The normalized spacial score (nSPS) is 17.4. The maximum absolute atomic E-state index is 10.9. The molecular formula is C18H22N2O. The summed E-state index contributed by atoms with van der Waals surface area (Å²) in [4.78, 5) is 4.44. The van der Waals surface area contributed by atoms with E-state index in [1.54, 1.807) is 6.20 Å². The lowest BCUT2D eigenvalue weighted by atomic mass is 9.80. The molecule has 3 heteroatoms. The van der Waals surface area contributed by atoms with E-state index >= 15 is 0 Å². The second kappa shape index (κ2) is 6.27. The largest absolute Gasteiger partial charge is 0.385 e. The molecule has 1 aromatic heterocycles. The smallest absolute Gasteiger partial charge is 0.132 e. The minimum absolute atomic E-state index is 0.717. The summed E-state index contributed by atoms with van der Waals surface area (Å²) in [5.41, 5.74) is 1.44. The van der Waals surface area contributed by atoms with E-state index in [-0.39, 0.29) is 0 Å². The molecule has 1 aromatic carbocycles. The van der Waals surface area contributed by atoms with Crippen LogP contribution in [0.4, 0.5) is 5.82 Å². The number of aliphatic hydroxyl groups is 1. The molecule has 2 aromatic rings. The fourth-order valence-electron chi connectivity index (χ4n) is 3.11. The predicted molar refractivity (Wildman–Crippen MR) is 85.0 cm³/mol. The van der Waals surface area contributed by atoms with Crippen LogP contribution in [0.2, 0.25) is 0 Å². The third-order valence-corrected chi connectivity index (χ3v) is 4.29. The summed E-state index contributed by atoms with van der Waals surface area (Å²) in [5, 5.41) is 14.3. The van der Waals surface area contributed by atoms with Gasteiger partial charge in [0, 0.05) is 18.3 Å². The second-order valence-corrected chi connectivity index (χ2v) is 5.83. The molecule has 0 aliphatic heterocycles. The van der Waals surface area contributed by atoms with Gasteiger partial charge in [0.1, 0.15) is 5.82 Å². The van der Waals surface area contributed by atoms with E-state index in [1.807, 2.05) is 30.3 Å². The van der Waals surface area contributed by atoms with Gasteiger partial charge in [-0.3, -0.25) is 0 Å². The van der Waals surface area contributed by atoms with Gasteiger partial charge in [-0.25, -0.2) is 4.98 Å². The fourth-order valence-corrected chi connectivity index (χ4v) is 3.11. The predicted octanol–water partition coefficient (Wildman–Crippen LogP) is 3.85. The van der Waals surface area contributed by atoms with Gasteiger partial charge in [0.25, 0.3) is 0 Å². The number of anilines is 1. The lowest BCUT2D eigenvalue weighted by Gasteiger charge is -2.33. The first-order chi connectivity index (χ1) is 10.3. The van der Waals surface area contributed by atoms with E-state index in [9.17, 15) is 5.11 Å². The number of pyridine rings is 1. The molecule has 1 saturated carbocycles. The standard InChI is InChI=1S/C18H22N2O/c21-18(11-5-2-6-12-18)16-10-7-13-19-17(16)20-14-15-8-3-1-4-9-15/h1,3-4,7-10,13,21H,2,5-6,11-12,14H2,(H,19,20). The molecule has 0 radical (unpaired) electrons. The Morgan fingerprint density at radius 3 is 2.52 bits per heavy atom. The number of nitrogens with one attached hydrogen (secondary N) is 1. The zero-order chi connectivity index (χ0) is 14.5. The average molecular weight is 282 g/mol. The number of hydrogen-bond donors (Lipinski definition) is 2. The lowest BCUT2D eigenvalue weighted by molar-refractivity contribution is -0.000234. The van der Waals surface area contributed by atoms with Crippen LogP contribution in [0.3, 0.4) is 0 Å². The molecule has 0 spiro atoms. The van der Waals surface area contributed by atoms with Crippen molar-refractivity contribution in [3.8, 4) is 0 Å². The van der Waals surface area contributed by atoms with Crippen LogP contribution in [0.5, 0.6) is 0 Å². The molecule has 0 atom stereocenters. The highest BCUT2D eigenvalue weighted by atomic mass is 16.3. The highest BCUT2D eigenvalue weighted by molar-refractivity contribution is 5.47. The van der Waals surface area contributed by atoms with Crippen molar-refractivity contribution >= 4 is 5.82 Å². The number of aromatic nitrogens is 1. The van der Waals surface area contributed by atoms with Crippen LogP contribution in [0.25, 0.3) is 0 Å². The van der Waals surface area contributed by atoms with Crippen molar-refractivity contribution in [1.29, 1.82) is 0 Å². The van der Waals surface area contributed by atoms with Gasteiger partial charge in [0.2, 0.25) is 0 Å². The molecule has 3 nitrogen and oxygen atoms in total. The van der Waals surface area contributed by atoms with Crippen molar-refractivity contribution in [3.63, 3.8) is 0 Å². The second-order valence-electron chi connectivity index (χ2n) is 5.83. The van der Waals surface area contributed by atoms with Gasteiger partial charge in [-0.2, -0.15) is 0 Å². The van der Waals surface area contributed by atoms with E-state index < -0.39 is 5.60 Å². The summed E-state index contributed by atoms with van der Waals surface area (Å²) >= 11 is 0. The van der Waals surface area contributed by atoms with Crippen LogP contribution in [0.15, 0.2) is 48.7 Å². The maximum atomic E-state index is 10.9. The summed E-state index contributed by atoms with van der Waals surface area (Å²) in [5.74, 6) is 0.811. The van der Waals surface area contributed by atoms with Crippen molar-refractivity contribution in [1.82, 2.24) is 4.98 Å². The van der Waals surface area contributed by atoms with E-state index in [0.29, 0.717) is 0 Å². The van der Waals surface area contributed by atoms with Crippen molar-refractivity contribution < 1.29 is 5.11 Å². The van der Waals surface area contributed by atoms with Gasteiger partial charge >= 0.3 is 0 Å². The number of benzene rings is 1. The topological polar surface area (TPSA) is 45.2 Å². The SMILES string of the molecule is OC1(c2cccnc2NCc2ccccc2)CCCCC1. The Bertz CT molecular complexity index is 577. The number of nitrogens with zero attached hydrogens (tertiary/aromatic N) is 1. The van der Waals surface area contributed by atoms with Crippen LogP contribution >= 0.6 is 0 Å². The Labute approximate surface area is 126 Å². The minimum Gasteiger partial charge on any atom is -0.385 e. The quantitative estimate of drug-likeness (QED) is 0.895.